The molecular formula is C16H18ClNO. The molecule has 3 heteroatoms. The smallest absolute Gasteiger partial charge is 0.122 e. The van der Waals surface area contributed by atoms with Gasteiger partial charge in [-0.3, -0.25) is 0 Å². The molecule has 1 unspecified atom stereocenters. The molecule has 100 valence electrons. The highest BCUT2D eigenvalue weighted by Gasteiger charge is 2.12. The van der Waals surface area contributed by atoms with E-state index in [2.05, 4.69) is 0 Å². The second kappa shape index (κ2) is 6.60. The predicted molar refractivity (Wildman–Crippen MR) is 79.7 cm³/mol. The maximum absolute atomic E-state index is 6.25. The van der Waals surface area contributed by atoms with Crippen LogP contribution in [0.15, 0.2) is 48.5 Å². The van der Waals surface area contributed by atoms with Crippen molar-refractivity contribution in [1.82, 2.24) is 0 Å². The van der Waals surface area contributed by atoms with Crippen LogP contribution in [-0.2, 0) is 6.42 Å². The van der Waals surface area contributed by atoms with E-state index in [4.69, 9.17) is 22.1 Å². The number of hydrogen-bond acceptors (Lipinski definition) is 2. The molecule has 2 nitrogen and oxygen atoms in total. The van der Waals surface area contributed by atoms with E-state index < -0.39 is 0 Å². The zero-order chi connectivity index (χ0) is 13.7. The zero-order valence-corrected chi connectivity index (χ0v) is 11.7. The van der Waals surface area contributed by atoms with Gasteiger partial charge in [-0.25, -0.2) is 0 Å². The van der Waals surface area contributed by atoms with Crippen LogP contribution in [-0.4, -0.2) is 6.61 Å². The number of para-hydroxylation sites is 1. The normalized spacial score (nSPS) is 12.2. The number of benzene rings is 2. The summed E-state index contributed by atoms with van der Waals surface area (Å²) in [4.78, 5) is 0. The summed E-state index contributed by atoms with van der Waals surface area (Å²) in [5.74, 6) is 0.896. The van der Waals surface area contributed by atoms with Gasteiger partial charge in [0.05, 0.1) is 6.61 Å². The first-order chi connectivity index (χ1) is 9.22. The van der Waals surface area contributed by atoms with Gasteiger partial charge >= 0.3 is 0 Å². The minimum absolute atomic E-state index is 0.129. The second-order valence-electron chi connectivity index (χ2n) is 4.37. The zero-order valence-electron chi connectivity index (χ0n) is 11.0. The fourth-order valence-corrected chi connectivity index (χ4v) is 2.37. The molecular weight excluding hydrogens is 258 g/mol. The van der Waals surface area contributed by atoms with E-state index in [1.165, 1.54) is 0 Å². The lowest BCUT2D eigenvalue weighted by Gasteiger charge is -2.16. The average molecular weight is 276 g/mol. The Hall–Kier alpha value is -1.51. The average Bonchev–Trinajstić information content (AvgIpc) is 2.41. The summed E-state index contributed by atoms with van der Waals surface area (Å²) in [7, 11) is 0. The Kier molecular flexibility index (Phi) is 4.83. The summed E-state index contributed by atoms with van der Waals surface area (Å²) in [6, 6.07) is 15.5. The van der Waals surface area contributed by atoms with Crippen molar-refractivity contribution < 1.29 is 4.74 Å². The Morgan fingerprint density at radius 3 is 2.53 bits per heavy atom. The van der Waals surface area contributed by atoms with Gasteiger partial charge in [-0.2, -0.15) is 0 Å². The molecule has 0 spiro atoms. The molecule has 1 atom stereocenters. The summed E-state index contributed by atoms with van der Waals surface area (Å²) < 4.78 is 5.62. The van der Waals surface area contributed by atoms with Crippen molar-refractivity contribution >= 4 is 11.6 Å². The topological polar surface area (TPSA) is 35.2 Å². The fourth-order valence-electron chi connectivity index (χ4n) is 2.09. The molecule has 0 fully saturated rings. The molecule has 0 saturated heterocycles. The maximum atomic E-state index is 6.25. The Morgan fingerprint density at radius 1 is 1.11 bits per heavy atom. The first-order valence-electron chi connectivity index (χ1n) is 6.43. The molecule has 0 heterocycles. The molecule has 0 aromatic heterocycles. The minimum atomic E-state index is -0.129. The van der Waals surface area contributed by atoms with E-state index in [0.717, 1.165) is 16.9 Å². The van der Waals surface area contributed by atoms with E-state index >= 15 is 0 Å². The molecule has 2 N–H and O–H groups in total. The van der Waals surface area contributed by atoms with Gasteiger partial charge in [0, 0.05) is 11.1 Å². The lowest BCUT2D eigenvalue weighted by Crippen LogP contribution is -2.14. The molecule has 0 amide bonds. The summed E-state index contributed by atoms with van der Waals surface area (Å²) in [5.41, 5.74) is 8.33. The van der Waals surface area contributed by atoms with Gasteiger partial charge in [0.2, 0.25) is 0 Å². The van der Waals surface area contributed by atoms with E-state index in [0.29, 0.717) is 18.1 Å². The number of ether oxygens (including phenoxy) is 1. The summed E-state index contributed by atoms with van der Waals surface area (Å²) in [6.45, 7) is 2.63. The highest BCUT2D eigenvalue weighted by atomic mass is 35.5. The van der Waals surface area contributed by atoms with Gasteiger partial charge in [-0.05, 0) is 36.6 Å². The molecule has 0 aliphatic carbocycles. The second-order valence-corrected chi connectivity index (χ2v) is 4.78. The third-order valence-corrected chi connectivity index (χ3v) is 3.36. The van der Waals surface area contributed by atoms with Crippen LogP contribution in [0.3, 0.4) is 0 Å². The van der Waals surface area contributed by atoms with E-state index in [-0.39, 0.29) is 6.04 Å². The lowest BCUT2D eigenvalue weighted by atomic mass is 9.99. The highest BCUT2D eigenvalue weighted by molar-refractivity contribution is 6.31. The van der Waals surface area contributed by atoms with Crippen LogP contribution < -0.4 is 10.5 Å². The van der Waals surface area contributed by atoms with E-state index in [9.17, 15) is 0 Å². The van der Waals surface area contributed by atoms with Gasteiger partial charge in [0.15, 0.2) is 0 Å². The van der Waals surface area contributed by atoms with Crippen LogP contribution in [0.2, 0.25) is 5.02 Å². The number of rotatable bonds is 5. The van der Waals surface area contributed by atoms with Crippen molar-refractivity contribution in [2.45, 2.75) is 19.4 Å². The van der Waals surface area contributed by atoms with Crippen LogP contribution in [0.5, 0.6) is 5.75 Å². The fraction of sp³-hybridized carbons (Fsp3) is 0.250. The SMILES string of the molecule is CCOc1ccccc1CC(N)c1ccccc1Cl. The van der Waals surface area contributed by atoms with Gasteiger partial charge in [-0.15, -0.1) is 0 Å². The number of nitrogens with two attached hydrogens (primary N) is 1. The van der Waals surface area contributed by atoms with E-state index in [1.807, 2.05) is 55.5 Å². The lowest BCUT2D eigenvalue weighted by molar-refractivity contribution is 0.335. The Bertz CT molecular complexity index is 542. The largest absolute Gasteiger partial charge is 0.494 e. The molecule has 2 rings (SSSR count). The minimum Gasteiger partial charge on any atom is -0.494 e. The monoisotopic (exact) mass is 275 g/mol. The maximum Gasteiger partial charge on any atom is 0.122 e. The molecule has 2 aromatic carbocycles. The van der Waals surface area contributed by atoms with Gasteiger partial charge < -0.3 is 10.5 Å². The van der Waals surface area contributed by atoms with Crippen molar-refractivity contribution in [1.29, 1.82) is 0 Å². The molecule has 0 radical (unpaired) electrons. The van der Waals surface area contributed by atoms with Crippen molar-refractivity contribution in [3.8, 4) is 5.75 Å². The molecule has 0 aliphatic heterocycles. The van der Waals surface area contributed by atoms with Gasteiger partial charge in [0.1, 0.15) is 5.75 Å². The van der Waals surface area contributed by atoms with E-state index in [1.54, 1.807) is 0 Å². The Balaban J connectivity index is 2.19. The first kappa shape index (κ1) is 13.9. The van der Waals surface area contributed by atoms with Crippen molar-refractivity contribution in [3.05, 3.63) is 64.7 Å². The quantitative estimate of drug-likeness (QED) is 0.896. The molecule has 2 aromatic rings. The first-order valence-corrected chi connectivity index (χ1v) is 6.81. The molecule has 0 aliphatic rings. The standard InChI is InChI=1S/C16H18ClNO/c1-2-19-16-10-6-3-7-12(16)11-15(18)13-8-4-5-9-14(13)17/h3-10,15H,2,11,18H2,1H3. The van der Waals surface area contributed by atoms with Crippen LogP contribution in [0, 0.1) is 0 Å². The Labute approximate surface area is 119 Å². The van der Waals surface area contributed by atoms with Crippen LogP contribution in [0.25, 0.3) is 0 Å². The summed E-state index contributed by atoms with van der Waals surface area (Å²) >= 11 is 6.18. The third-order valence-electron chi connectivity index (χ3n) is 3.02. The predicted octanol–water partition coefficient (Wildman–Crippen LogP) is 3.98. The summed E-state index contributed by atoms with van der Waals surface area (Å²) in [5, 5.41) is 0.712. The van der Waals surface area contributed by atoms with Crippen LogP contribution >= 0.6 is 11.6 Å². The molecule has 0 bridgehead atoms. The van der Waals surface area contributed by atoms with Crippen LogP contribution in [0.1, 0.15) is 24.1 Å². The summed E-state index contributed by atoms with van der Waals surface area (Å²) in [6.07, 6.45) is 0.708. The van der Waals surface area contributed by atoms with Gasteiger partial charge in [0.25, 0.3) is 0 Å². The third kappa shape index (κ3) is 3.49. The highest BCUT2D eigenvalue weighted by Crippen LogP contribution is 2.27. The molecule has 19 heavy (non-hydrogen) atoms. The van der Waals surface area contributed by atoms with Crippen molar-refractivity contribution in [3.63, 3.8) is 0 Å². The number of hydrogen-bond donors (Lipinski definition) is 1. The number of halogens is 1. The molecule has 0 saturated carbocycles. The van der Waals surface area contributed by atoms with Crippen molar-refractivity contribution in [2.75, 3.05) is 6.61 Å². The van der Waals surface area contributed by atoms with Crippen LogP contribution in [0.4, 0.5) is 0 Å². The Morgan fingerprint density at radius 2 is 1.79 bits per heavy atom. The van der Waals surface area contributed by atoms with Crippen molar-refractivity contribution in [2.24, 2.45) is 5.73 Å². The van der Waals surface area contributed by atoms with Gasteiger partial charge in [-0.1, -0.05) is 48.0 Å².